The van der Waals surface area contributed by atoms with Crippen LogP contribution in [0.1, 0.15) is 19.8 Å². The molecule has 2 atom stereocenters. The van der Waals surface area contributed by atoms with E-state index in [4.69, 9.17) is 12.2 Å². The molecule has 14 heavy (non-hydrogen) atoms. The molecule has 0 aromatic rings. The van der Waals surface area contributed by atoms with Gasteiger partial charge < -0.3 is 5.32 Å². The van der Waals surface area contributed by atoms with E-state index in [0.29, 0.717) is 11.0 Å². The van der Waals surface area contributed by atoms with Crippen molar-refractivity contribution in [2.45, 2.75) is 19.8 Å². The van der Waals surface area contributed by atoms with Crippen LogP contribution in [0.5, 0.6) is 0 Å². The largest absolute Gasteiger partial charge is 0.362 e. The number of nitrogens with zero attached hydrogens (tertiary/aromatic N) is 1. The monoisotopic (exact) mass is 209 g/mol. The molecule has 0 amide bonds. The fraction of sp³-hybridized carbons (Fsp3) is 0.600. The topological polar surface area (TPSA) is 36.4 Å². The van der Waals surface area contributed by atoms with Crippen molar-refractivity contribution in [3.05, 3.63) is 12.2 Å². The van der Waals surface area contributed by atoms with Crippen molar-refractivity contribution in [2.75, 3.05) is 6.54 Å². The normalized spacial score (nSPS) is 31.1. The molecule has 0 unspecified atom stereocenters. The number of nitrogens with one attached hydrogen (secondary N) is 2. The van der Waals surface area contributed by atoms with Crippen LogP contribution >= 0.6 is 12.2 Å². The molecule has 1 fully saturated rings. The summed E-state index contributed by atoms with van der Waals surface area (Å²) in [5, 5.41) is 7.94. The van der Waals surface area contributed by atoms with Gasteiger partial charge in [-0.05, 0) is 37.9 Å². The van der Waals surface area contributed by atoms with E-state index in [1.807, 2.05) is 6.92 Å². The standard InChI is InChI=1S/C10H15N3S/c1-2-11-10(14)13-12-9-6-7-4-3-5-8(7)9/h3-4,7-8H,2,5-6H2,1H3,(H2,11,13,14)/b12-9-/t7-,8+/m0/s1. The predicted octanol–water partition coefficient (Wildman–Crippen LogP) is 1.42. The Labute approximate surface area is 89.6 Å². The molecule has 3 nitrogen and oxygen atoms in total. The minimum Gasteiger partial charge on any atom is -0.362 e. The van der Waals surface area contributed by atoms with E-state index in [0.717, 1.165) is 25.3 Å². The maximum atomic E-state index is 5.02. The number of fused-ring (bicyclic) bond motifs is 1. The maximum Gasteiger partial charge on any atom is 0.186 e. The molecule has 2 N–H and O–H groups in total. The Morgan fingerprint density at radius 3 is 3.29 bits per heavy atom. The van der Waals surface area contributed by atoms with Crippen LogP contribution in [0.15, 0.2) is 17.3 Å². The van der Waals surface area contributed by atoms with Gasteiger partial charge in [0.05, 0.1) is 0 Å². The van der Waals surface area contributed by atoms with E-state index < -0.39 is 0 Å². The highest BCUT2D eigenvalue weighted by atomic mass is 32.1. The van der Waals surface area contributed by atoms with Gasteiger partial charge in [0.25, 0.3) is 0 Å². The molecule has 76 valence electrons. The second-order valence-corrected chi connectivity index (χ2v) is 4.12. The second-order valence-electron chi connectivity index (χ2n) is 3.71. The first-order valence-corrected chi connectivity index (χ1v) is 5.49. The lowest BCUT2D eigenvalue weighted by Crippen LogP contribution is -2.38. The van der Waals surface area contributed by atoms with E-state index in [1.54, 1.807) is 0 Å². The third-order valence-electron chi connectivity index (χ3n) is 2.80. The summed E-state index contributed by atoms with van der Waals surface area (Å²) < 4.78 is 0. The van der Waals surface area contributed by atoms with Gasteiger partial charge in [0.1, 0.15) is 0 Å². The number of hydrazone groups is 1. The van der Waals surface area contributed by atoms with E-state index in [-0.39, 0.29) is 0 Å². The number of allylic oxidation sites excluding steroid dienone is 2. The van der Waals surface area contributed by atoms with Gasteiger partial charge in [-0.3, -0.25) is 5.43 Å². The van der Waals surface area contributed by atoms with E-state index in [9.17, 15) is 0 Å². The molecule has 0 bridgehead atoms. The van der Waals surface area contributed by atoms with Crippen LogP contribution in [-0.4, -0.2) is 17.4 Å². The zero-order chi connectivity index (χ0) is 9.97. The van der Waals surface area contributed by atoms with Crippen LogP contribution in [0.2, 0.25) is 0 Å². The molecule has 4 heteroatoms. The van der Waals surface area contributed by atoms with Crippen molar-refractivity contribution in [3.63, 3.8) is 0 Å². The molecule has 0 heterocycles. The summed E-state index contributed by atoms with van der Waals surface area (Å²) in [6.07, 6.45) is 6.80. The Morgan fingerprint density at radius 1 is 1.71 bits per heavy atom. The lowest BCUT2D eigenvalue weighted by Gasteiger charge is -2.31. The highest BCUT2D eigenvalue weighted by molar-refractivity contribution is 7.80. The first kappa shape index (κ1) is 9.65. The fourth-order valence-electron chi connectivity index (χ4n) is 1.99. The molecule has 0 radical (unpaired) electrons. The number of thiocarbonyl (C=S) groups is 1. The zero-order valence-corrected chi connectivity index (χ0v) is 9.10. The van der Waals surface area contributed by atoms with Gasteiger partial charge in [-0.15, -0.1) is 0 Å². The Balaban J connectivity index is 1.80. The summed E-state index contributed by atoms with van der Waals surface area (Å²) in [5.41, 5.74) is 4.14. The Bertz CT molecular complexity index is 296. The molecular formula is C10H15N3S. The van der Waals surface area contributed by atoms with Gasteiger partial charge in [0, 0.05) is 18.2 Å². The van der Waals surface area contributed by atoms with Gasteiger partial charge in [-0.1, -0.05) is 12.2 Å². The van der Waals surface area contributed by atoms with Crippen molar-refractivity contribution in [1.82, 2.24) is 10.7 Å². The van der Waals surface area contributed by atoms with Crippen molar-refractivity contribution < 1.29 is 0 Å². The zero-order valence-electron chi connectivity index (χ0n) is 8.29. The van der Waals surface area contributed by atoms with Gasteiger partial charge in [0.15, 0.2) is 5.11 Å². The average molecular weight is 209 g/mol. The molecular weight excluding hydrogens is 194 g/mol. The van der Waals surface area contributed by atoms with E-state index in [2.05, 4.69) is 28.0 Å². The molecule has 2 rings (SSSR count). The molecule has 0 aromatic carbocycles. The van der Waals surface area contributed by atoms with E-state index in [1.165, 1.54) is 5.71 Å². The summed E-state index contributed by atoms with van der Waals surface area (Å²) in [5.74, 6) is 1.41. The quantitative estimate of drug-likeness (QED) is 0.410. The van der Waals surface area contributed by atoms with Gasteiger partial charge in [-0.25, -0.2) is 0 Å². The highest BCUT2D eigenvalue weighted by Gasteiger charge is 2.37. The Kier molecular flexibility index (Phi) is 2.82. The van der Waals surface area contributed by atoms with Crippen molar-refractivity contribution in [2.24, 2.45) is 16.9 Å². The number of rotatable bonds is 2. The summed E-state index contributed by atoms with van der Waals surface area (Å²) in [4.78, 5) is 0. The first-order valence-electron chi connectivity index (χ1n) is 5.08. The molecule has 2 aliphatic carbocycles. The average Bonchev–Trinajstić information content (AvgIpc) is 2.48. The number of hydrogen-bond donors (Lipinski definition) is 2. The van der Waals surface area contributed by atoms with E-state index >= 15 is 0 Å². The second kappa shape index (κ2) is 4.09. The lowest BCUT2D eigenvalue weighted by atomic mass is 9.74. The molecule has 0 saturated heterocycles. The summed E-state index contributed by atoms with van der Waals surface area (Å²) >= 11 is 5.02. The highest BCUT2D eigenvalue weighted by Crippen LogP contribution is 2.39. The third kappa shape index (κ3) is 1.80. The maximum absolute atomic E-state index is 5.02. The molecule has 0 spiro atoms. The van der Waals surface area contributed by atoms with Crippen LogP contribution in [0, 0.1) is 11.8 Å². The van der Waals surface area contributed by atoms with Crippen LogP contribution < -0.4 is 10.7 Å². The lowest BCUT2D eigenvalue weighted by molar-refractivity contribution is 0.463. The molecule has 2 aliphatic rings. The SMILES string of the molecule is CCNC(=S)N/N=C1/C[C@@H]2C=CC[C@@H]12. The van der Waals surface area contributed by atoms with Crippen LogP contribution in [0.3, 0.4) is 0 Å². The third-order valence-corrected chi connectivity index (χ3v) is 3.04. The Morgan fingerprint density at radius 2 is 2.57 bits per heavy atom. The van der Waals surface area contributed by atoms with Crippen LogP contribution in [0.25, 0.3) is 0 Å². The van der Waals surface area contributed by atoms with Crippen molar-refractivity contribution in [3.8, 4) is 0 Å². The van der Waals surface area contributed by atoms with Crippen molar-refractivity contribution in [1.29, 1.82) is 0 Å². The molecule has 1 saturated carbocycles. The summed E-state index contributed by atoms with van der Waals surface area (Å²) in [6, 6.07) is 0. The first-order chi connectivity index (χ1) is 6.81. The van der Waals surface area contributed by atoms with Gasteiger partial charge in [-0.2, -0.15) is 5.10 Å². The minimum atomic E-state index is 0.620. The smallest absolute Gasteiger partial charge is 0.186 e. The molecule has 0 aliphatic heterocycles. The predicted molar refractivity (Wildman–Crippen MR) is 62.2 cm³/mol. The summed E-state index contributed by atoms with van der Waals surface area (Å²) in [6.45, 7) is 2.85. The fourth-order valence-corrected chi connectivity index (χ4v) is 2.18. The number of hydrogen-bond acceptors (Lipinski definition) is 2. The minimum absolute atomic E-state index is 0.620. The van der Waals surface area contributed by atoms with Crippen molar-refractivity contribution >= 4 is 23.0 Å². The molecule has 0 aromatic heterocycles. The van der Waals surface area contributed by atoms with Crippen LogP contribution in [0.4, 0.5) is 0 Å². The van der Waals surface area contributed by atoms with Crippen LogP contribution in [-0.2, 0) is 0 Å². The van der Waals surface area contributed by atoms with Gasteiger partial charge in [0.2, 0.25) is 0 Å². The van der Waals surface area contributed by atoms with Gasteiger partial charge >= 0.3 is 0 Å². The Hall–Kier alpha value is -0.900. The summed E-state index contributed by atoms with van der Waals surface area (Å²) in [7, 11) is 0.